The van der Waals surface area contributed by atoms with Gasteiger partial charge in [-0.25, -0.2) is 0 Å². The average molecular weight is 327 g/mol. The molecule has 1 unspecified atom stereocenters. The van der Waals surface area contributed by atoms with Crippen LogP contribution in [0.2, 0.25) is 0 Å². The number of hydrogen-bond acceptors (Lipinski definition) is 3. The van der Waals surface area contributed by atoms with Crippen molar-refractivity contribution in [2.45, 2.75) is 50.9 Å². The summed E-state index contributed by atoms with van der Waals surface area (Å²) in [4.78, 5) is 0. The van der Waals surface area contributed by atoms with Crippen molar-refractivity contribution in [3.05, 3.63) is 28.7 Å². The van der Waals surface area contributed by atoms with E-state index < -0.39 is 0 Å². The van der Waals surface area contributed by atoms with Crippen LogP contribution in [0.3, 0.4) is 0 Å². The Hall–Kier alpha value is -0.580. The number of hydrogen-bond donors (Lipinski definition) is 2. The fraction of sp³-hybridized carbons (Fsp3) is 0.600. The molecule has 0 radical (unpaired) electrons. The van der Waals surface area contributed by atoms with Crippen LogP contribution < -0.4 is 11.1 Å². The molecule has 0 aliphatic carbocycles. The van der Waals surface area contributed by atoms with Crippen molar-refractivity contribution >= 4 is 21.6 Å². The van der Waals surface area contributed by atoms with Crippen LogP contribution in [-0.2, 0) is 4.74 Å². The highest BCUT2D eigenvalue weighted by Crippen LogP contribution is 2.46. The summed E-state index contributed by atoms with van der Waals surface area (Å²) in [7, 11) is 0. The van der Waals surface area contributed by atoms with E-state index in [0.29, 0.717) is 6.54 Å². The van der Waals surface area contributed by atoms with Crippen LogP contribution in [0.15, 0.2) is 28.7 Å². The number of benzene rings is 1. The Labute approximate surface area is 124 Å². The first-order valence-electron chi connectivity index (χ1n) is 6.64. The van der Waals surface area contributed by atoms with Crippen molar-refractivity contribution in [2.24, 2.45) is 5.73 Å². The summed E-state index contributed by atoms with van der Waals surface area (Å²) >= 11 is 3.50. The third-order valence-electron chi connectivity index (χ3n) is 3.97. The van der Waals surface area contributed by atoms with Gasteiger partial charge in [-0.3, -0.25) is 0 Å². The van der Waals surface area contributed by atoms with E-state index >= 15 is 0 Å². The smallest absolute Gasteiger partial charge is 0.0875 e. The van der Waals surface area contributed by atoms with Crippen molar-refractivity contribution in [1.82, 2.24) is 0 Å². The standard InChI is InChI=1S/C15H23BrN2O/c1-13(2)9-15(10-17,14(3,4)19-13)18-12-7-5-6-11(16)8-12/h5-8,18H,9-10,17H2,1-4H3. The molecular weight excluding hydrogens is 304 g/mol. The van der Waals surface area contributed by atoms with Gasteiger partial charge in [-0.1, -0.05) is 22.0 Å². The largest absolute Gasteiger partial charge is 0.375 e. The highest BCUT2D eigenvalue weighted by Gasteiger charge is 2.56. The van der Waals surface area contributed by atoms with E-state index in [2.05, 4.69) is 61.1 Å². The van der Waals surface area contributed by atoms with Crippen LogP contribution in [0.4, 0.5) is 5.69 Å². The Morgan fingerprint density at radius 2 is 2.00 bits per heavy atom. The number of rotatable bonds is 3. The Morgan fingerprint density at radius 1 is 1.32 bits per heavy atom. The van der Waals surface area contributed by atoms with E-state index in [9.17, 15) is 0 Å². The van der Waals surface area contributed by atoms with Gasteiger partial charge in [-0.15, -0.1) is 0 Å². The van der Waals surface area contributed by atoms with Crippen molar-refractivity contribution in [3.8, 4) is 0 Å². The van der Waals surface area contributed by atoms with Crippen LogP contribution in [0.5, 0.6) is 0 Å². The summed E-state index contributed by atoms with van der Waals surface area (Å²) in [6.07, 6.45) is 0.885. The maximum atomic E-state index is 6.19. The lowest BCUT2D eigenvalue weighted by molar-refractivity contribution is -0.0753. The molecule has 1 aliphatic rings. The number of nitrogens with one attached hydrogen (secondary N) is 1. The van der Waals surface area contributed by atoms with E-state index in [0.717, 1.165) is 16.6 Å². The predicted molar refractivity (Wildman–Crippen MR) is 83.4 cm³/mol. The molecule has 4 heteroatoms. The molecule has 0 saturated carbocycles. The van der Waals surface area contributed by atoms with Gasteiger partial charge in [-0.2, -0.15) is 0 Å². The van der Waals surface area contributed by atoms with Gasteiger partial charge in [0.05, 0.1) is 16.7 Å². The summed E-state index contributed by atoms with van der Waals surface area (Å²) in [5.74, 6) is 0. The minimum Gasteiger partial charge on any atom is -0.375 e. The van der Waals surface area contributed by atoms with E-state index in [-0.39, 0.29) is 16.7 Å². The molecule has 106 valence electrons. The monoisotopic (exact) mass is 326 g/mol. The molecule has 19 heavy (non-hydrogen) atoms. The van der Waals surface area contributed by atoms with E-state index in [1.165, 1.54) is 0 Å². The molecular formula is C15H23BrN2O. The minimum absolute atomic E-state index is 0.165. The van der Waals surface area contributed by atoms with E-state index in [4.69, 9.17) is 10.5 Å². The Kier molecular flexibility index (Phi) is 3.71. The second kappa shape index (κ2) is 4.76. The number of anilines is 1. The van der Waals surface area contributed by atoms with Crippen LogP contribution in [0.25, 0.3) is 0 Å². The van der Waals surface area contributed by atoms with Crippen molar-refractivity contribution < 1.29 is 4.74 Å². The lowest BCUT2D eigenvalue weighted by Crippen LogP contribution is -2.57. The molecule has 1 aromatic carbocycles. The van der Waals surface area contributed by atoms with Crippen LogP contribution in [-0.4, -0.2) is 23.3 Å². The number of ether oxygens (including phenoxy) is 1. The average Bonchev–Trinajstić information content (AvgIpc) is 2.43. The fourth-order valence-electron chi connectivity index (χ4n) is 3.17. The Balaban J connectivity index is 2.33. The molecule has 1 heterocycles. The lowest BCUT2D eigenvalue weighted by atomic mass is 9.78. The minimum atomic E-state index is -0.312. The SMILES string of the molecule is CC1(C)CC(CN)(Nc2cccc(Br)c2)C(C)(C)O1. The first kappa shape index (κ1) is 14.8. The number of nitrogens with two attached hydrogens (primary N) is 1. The fourth-order valence-corrected chi connectivity index (χ4v) is 3.57. The molecule has 1 aromatic rings. The molecule has 0 spiro atoms. The van der Waals surface area contributed by atoms with Gasteiger partial charge in [0, 0.05) is 23.1 Å². The zero-order valence-corrected chi connectivity index (χ0v) is 13.7. The van der Waals surface area contributed by atoms with E-state index in [1.807, 2.05) is 12.1 Å². The molecule has 1 aliphatic heterocycles. The van der Waals surface area contributed by atoms with Gasteiger partial charge in [-0.05, 0) is 45.9 Å². The number of halogens is 1. The summed E-state index contributed by atoms with van der Waals surface area (Å²) in [6, 6.07) is 8.16. The zero-order chi connectivity index (χ0) is 14.3. The van der Waals surface area contributed by atoms with Gasteiger partial charge in [0.15, 0.2) is 0 Å². The lowest BCUT2D eigenvalue weighted by Gasteiger charge is -2.40. The highest BCUT2D eigenvalue weighted by atomic mass is 79.9. The van der Waals surface area contributed by atoms with Crippen molar-refractivity contribution in [1.29, 1.82) is 0 Å². The second-order valence-electron chi connectivity index (χ2n) is 6.47. The molecule has 0 amide bonds. The Bertz CT molecular complexity index is 473. The first-order valence-corrected chi connectivity index (χ1v) is 7.43. The third kappa shape index (κ3) is 2.81. The van der Waals surface area contributed by atoms with Crippen LogP contribution >= 0.6 is 15.9 Å². The molecule has 1 fully saturated rings. The van der Waals surface area contributed by atoms with Gasteiger partial charge < -0.3 is 15.8 Å². The normalized spacial score (nSPS) is 28.3. The van der Waals surface area contributed by atoms with Gasteiger partial charge >= 0.3 is 0 Å². The van der Waals surface area contributed by atoms with Gasteiger partial charge in [0.2, 0.25) is 0 Å². The van der Waals surface area contributed by atoms with Crippen molar-refractivity contribution in [3.63, 3.8) is 0 Å². The molecule has 1 atom stereocenters. The molecule has 2 rings (SSSR count). The summed E-state index contributed by atoms with van der Waals surface area (Å²) in [5, 5.41) is 3.61. The third-order valence-corrected chi connectivity index (χ3v) is 4.46. The topological polar surface area (TPSA) is 47.3 Å². The highest BCUT2D eigenvalue weighted by molar-refractivity contribution is 9.10. The molecule has 0 aromatic heterocycles. The maximum absolute atomic E-state index is 6.19. The summed E-state index contributed by atoms with van der Waals surface area (Å²) < 4.78 is 7.25. The predicted octanol–water partition coefficient (Wildman–Crippen LogP) is 3.54. The van der Waals surface area contributed by atoms with Gasteiger partial charge in [0.25, 0.3) is 0 Å². The summed E-state index contributed by atoms with van der Waals surface area (Å²) in [5.41, 5.74) is 6.43. The zero-order valence-electron chi connectivity index (χ0n) is 12.1. The van der Waals surface area contributed by atoms with Crippen molar-refractivity contribution in [2.75, 3.05) is 11.9 Å². The van der Waals surface area contributed by atoms with Crippen LogP contribution in [0, 0.1) is 0 Å². The molecule has 3 N–H and O–H groups in total. The summed E-state index contributed by atoms with van der Waals surface area (Å²) in [6.45, 7) is 9.00. The second-order valence-corrected chi connectivity index (χ2v) is 7.39. The Morgan fingerprint density at radius 3 is 2.47 bits per heavy atom. The quantitative estimate of drug-likeness (QED) is 0.893. The van der Waals surface area contributed by atoms with Crippen LogP contribution in [0.1, 0.15) is 34.1 Å². The molecule has 0 bridgehead atoms. The molecule has 3 nitrogen and oxygen atoms in total. The first-order chi connectivity index (χ1) is 8.70. The van der Waals surface area contributed by atoms with Gasteiger partial charge in [0.1, 0.15) is 0 Å². The maximum Gasteiger partial charge on any atom is 0.0875 e. The molecule has 1 saturated heterocycles. The van der Waals surface area contributed by atoms with E-state index in [1.54, 1.807) is 0 Å².